The van der Waals surface area contributed by atoms with E-state index < -0.39 is 0 Å². The molecule has 1 aromatic carbocycles. The molecule has 1 N–H and O–H groups in total. The minimum Gasteiger partial charge on any atom is -0.296 e. The predicted octanol–water partition coefficient (Wildman–Crippen LogP) is 1.59. The maximum atomic E-state index is 11.5. The first kappa shape index (κ1) is 8.83. The number of anilines is 1. The molecule has 0 saturated heterocycles. The molecule has 0 saturated carbocycles. The van der Waals surface area contributed by atoms with Crippen molar-refractivity contribution < 1.29 is 4.79 Å². The minimum atomic E-state index is -0.196. The Kier molecular flexibility index (Phi) is 2.51. The molecule has 2 aromatic rings. The molecule has 4 nitrogen and oxygen atoms in total. The van der Waals surface area contributed by atoms with Crippen LogP contribution in [0, 0.1) is 6.07 Å². The lowest BCUT2D eigenvalue weighted by molar-refractivity contribution is 0.102. The van der Waals surface area contributed by atoms with Gasteiger partial charge in [-0.3, -0.25) is 10.1 Å². The summed E-state index contributed by atoms with van der Waals surface area (Å²) in [7, 11) is 0. The van der Waals surface area contributed by atoms with Crippen molar-refractivity contribution in [3.8, 4) is 0 Å². The molecule has 0 atom stereocenters. The van der Waals surface area contributed by atoms with E-state index in [2.05, 4.69) is 21.6 Å². The number of rotatable bonds is 2. The molecule has 0 aliphatic rings. The Balaban J connectivity index is 2.11. The molecule has 1 aromatic heterocycles. The third kappa shape index (κ3) is 1.94. The quantitative estimate of drug-likeness (QED) is 0.808. The maximum Gasteiger partial charge on any atom is 0.257 e. The molecular formula is C9H6N3OS. The lowest BCUT2D eigenvalue weighted by atomic mass is 10.2. The highest BCUT2D eigenvalue weighted by Crippen LogP contribution is 2.09. The zero-order valence-electron chi connectivity index (χ0n) is 7.10. The monoisotopic (exact) mass is 204 g/mol. The van der Waals surface area contributed by atoms with E-state index in [0.29, 0.717) is 10.7 Å². The van der Waals surface area contributed by atoms with Crippen molar-refractivity contribution in [1.82, 2.24) is 10.2 Å². The zero-order valence-corrected chi connectivity index (χ0v) is 7.91. The Bertz CT molecular complexity index is 413. The SMILES string of the molecule is O=C(Nc1nncs1)c1c[c]ccc1. The van der Waals surface area contributed by atoms with Crippen LogP contribution in [0.1, 0.15) is 10.4 Å². The first-order valence-corrected chi connectivity index (χ1v) is 4.78. The molecule has 2 rings (SSSR count). The maximum absolute atomic E-state index is 11.5. The summed E-state index contributed by atoms with van der Waals surface area (Å²) in [6.07, 6.45) is 0. The molecule has 0 unspecified atom stereocenters. The van der Waals surface area contributed by atoms with Crippen LogP contribution < -0.4 is 5.32 Å². The van der Waals surface area contributed by atoms with Crippen LogP contribution in [0.15, 0.2) is 29.8 Å². The molecular weight excluding hydrogens is 198 g/mol. The molecule has 1 radical (unpaired) electrons. The minimum absolute atomic E-state index is 0.196. The fraction of sp³-hybridized carbons (Fsp3) is 0. The molecule has 1 amide bonds. The number of benzene rings is 1. The van der Waals surface area contributed by atoms with Crippen LogP contribution >= 0.6 is 11.3 Å². The highest BCUT2D eigenvalue weighted by atomic mass is 32.1. The van der Waals surface area contributed by atoms with Crippen LogP contribution in [0.3, 0.4) is 0 Å². The Morgan fingerprint density at radius 3 is 3.14 bits per heavy atom. The largest absolute Gasteiger partial charge is 0.296 e. The van der Waals surface area contributed by atoms with Crippen molar-refractivity contribution in [2.24, 2.45) is 0 Å². The smallest absolute Gasteiger partial charge is 0.257 e. The van der Waals surface area contributed by atoms with Crippen molar-refractivity contribution in [2.75, 3.05) is 5.32 Å². The number of nitrogens with zero attached hydrogens (tertiary/aromatic N) is 2. The number of carbonyl (C=O) groups excluding carboxylic acids is 1. The van der Waals surface area contributed by atoms with Crippen LogP contribution in [0.2, 0.25) is 0 Å². The van der Waals surface area contributed by atoms with E-state index in [1.165, 1.54) is 11.3 Å². The summed E-state index contributed by atoms with van der Waals surface area (Å²) >= 11 is 1.28. The molecule has 5 heteroatoms. The number of aromatic nitrogens is 2. The molecule has 0 aliphatic heterocycles. The van der Waals surface area contributed by atoms with Gasteiger partial charge < -0.3 is 0 Å². The van der Waals surface area contributed by atoms with Crippen LogP contribution in [-0.4, -0.2) is 16.1 Å². The zero-order chi connectivity index (χ0) is 9.80. The first-order valence-electron chi connectivity index (χ1n) is 3.90. The predicted molar refractivity (Wildman–Crippen MR) is 53.1 cm³/mol. The second kappa shape index (κ2) is 3.97. The molecule has 69 valence electrons. The van der Waals surface area contributed by atoms with E-state index in [1.807, 2.05) is 0 Å². The molecule has 0 aliphatic carbocycles. The number of hydrogen-bond acceptors (Lipinski definition) is 4. The fourth-order valence-corrected chi connectivity index (χ4v) is 1.37. The molecule has 0 bridgehead atoms. The third-order valence-corrected chi connectivity index (χ3v) is 2.16. The van der Waals surface area contributed by atoms with Gasteiger partial charge in [0, 0.05) is 5.56 Å². The van der Waals surface area contributed by atoms with Gasteiger partial charge in [-0.2, -0.15) is 0 Å². The lowest BCUT2D eigenvalue weighted by Crippen LogP contribution is -2.11. The fourth-order valence-electron chi connectivity index (χ4n) is 0.931. The number of amides is 1. The Morgan fingerprint density at radius 2 is 2.50 bits per heavy atom. The average Bonchev–Trinajstić information content (AvgIpc) is 2.72. The Morgan fingerprint density at radius 1 is 1.57 bits per heavy atom. The normalized spacial score (nSPS) is 9.71. The van der Waals surface area contributed by atoms with Gasteiger partial charge >= 0.3 is 0 Å². The molecule has 0 fully saturated rings. The number of carbonyl (C=O) groups is 1. The summed E-state index contributed by atoms with van der Waals surface area (Å²) < 4.78 is 0. The van der Waals surface area contributed by atoms with E-state index in [4.69, 9.17) is 0 Å². The summed E-state index contributed by atoms with van der Waals surface area (Å²) in [6, 6.07) is 9.66. The summed E-state index contributed by atoms with van der Waals surface area (Å²) in [6.45, 7) is 0. The second-order valence-corrected chi connectivity index (χ2v) is 3.32. The van der Waals surface area contributed by atoms with Gasteiger partial charge in [-0.1, -0.05) is 23.5 Å². The van der Waals surface area contributed by atoms with Gasteiger partial charge in [0.1, 0.15) is 5.51 Å². The third-order valence-electron chi connectivity index (χ3n) is 1.55. The van der Waals surface area contributed by atoms with E-state index in [9.17, 15) is 4.79 Å². The number of nitrogens with one attached hydrogen (secondary N) is 1. The molecule has 14 heavy (non-hydrogen) atoms. The summed E-state index contributed by atoms with van der Waals surface area (Å²) in [5.74, 6) is -0.196. The van der Waals surface area contributed by atoms with Gasteiger partial charge in [0.25, 0.3) is 5.91 Å². The van der Waals surface area contributed by atoms with Crippen molar-refractivity contribution >= 4 is 22.4 Å². The van der Waals surface area contributed by atoms with Gasteiger partial charge in [0.15, 0.2) is 0 Å². The summed E-state index contributed by atoms with van der Waals surface area (Å²) in [4.78, 5) is 11.5. The van der Waals surface area contributed by atoms with Crippen molar-refractivity contribution in [1.29, 1.82) is 0 Å². The van der Waals surface area contributed by atoms with Crippen molar-refractivity contribution in [2.45, 2.75) is 0 Å². The van der Waals surface area contributed by atoms with Gasteiger partial charge in [0.2, 0.25) is 5.13 Å². The van der Waals surface area contributed by atoms with E-state index >= 15 is 0 Å². The number of hydrogen-bond donors (Lipinski definition) is 1. The highest BCUT2D eigenvalue weighted by Gasteiger charge is 2.06. The topological polar surface area (TPSA) is 54.9 Å². The standard InChI is InChI=1S/C9H6N3OS/c13-8(7-4-2-1-3-5-7)11-9-12-10-6-14-9/h1-2,4-6H,(H,11,12,13). The molecule has 1 heterocycles. The van der Waals surface area contributed by atoms with Crippen LogP contribution in [0.4, 0.5) is 5.13 Å². The lowest BCUT2D eigenvalue weighted by Gasteiger charge is -1.99. The highest BCUT2D eigenvalue weighted by molar-refractivity contribution is 7.13. The van der Waals surface area contributed by atoms with Gasteiger partial charge in [-0.25, -0.2) is 0 Å². The van der Waals surface area contributed by atoms with Crippen LogP contribution in [-0.2, 0) is 0 Å². The second-order valence-electron chi connectivity index (χ2n) is 2.49. The first-order chi connectivity index (χ1) is 6.86. The Labute approximate surface area is 84.6 Å². The van der Waals surface area contributed by atoms with Crippen molar-refractivity contribution in [3.63, 3.8) is 0 Å². The van der Waals surface area contributed by atoms with E-state index in [0.717, 1.165) is 0 Å². The van der Waals surface area contributed by atoms with Crippen LogP contribution in [0.25, 0.3) is 0 Å². The van der Waals surface area contributed by atoms with Gasteiger partial charge in [-0.05, 0) is 18.2 Å². The summed E-state index contributed by atoms with van der Waals surface area (Å²) in [5, 5.41) is 10.4. The van der Waals surface area contributed by atoms with Gasteiger partial charge in [-0.15, -0.1) is 10.2 Å². The average molecular weight is 204 g/mol. The van der Waals surface area contributed by atoms with E-state index in [1.54, 1.807) is 29.8 Å². The van der Waals surface area contributed by atoms with Crippen LogP contribution in [0.5, 0.6) is 0 Å². The Hall–Kier alpha value is -1.75. The van der Waals surface area contributed by atoms with E-state index in [-0.39, 0.29) is 5.91 Å². The molecule has 0 spiro atoms. The van der Waals surface area contributed by atoms with Crippen molar-refractivity contribution in [3.05, 3.63) is 41.4 Å². The van der Waals surface area contributed by atoms with Gasteiger partial charge in [0.05, 0.1) is 0 Å². The summed E-state index contributed by atoms with van der Waals surface area (Å²) in [5.41, 5.74) is 2.12.